The lowest BCUT2D eigenvalue weighted by Crippen LogP contribution is -2.57. The summed E-state index contributed by atoms with van der Waals surface area (Å²) < 4.78 is 5.29. The van der Waals surface area contributed by atoms with Gasteiger partial charge in [-0.3, -0.25) is 4.79 Å². The first kappa shape index (κ1) is 16.7. The average molecular weight is 291 g/mol. The first-order valence-corrected chi connectivity index (χ1v) is 7.24. The molecule has 0 atom stereocenters. The number of rotatable bonds is 3. The van der Waals surface area contributed by atoms with Gasteiger partial charge >= 0.3 is 0 Å². The maximum atomic E-state index is 12.4. The summed E-state index contributed by atoms with van der Waals surface area (Å²) >= 11 is 0. The van der Waals surface area contributed by atoms with Gasteiger partial charge in [-0.1, -0.05) is 19.3 Å². The summed E-state index contributed by atoms with van der Waals surface area (Å²) in [7, 11) is 1.90. The molecule has 1 aliphatic heterocycles. The highest BCUT2D eigenvalue weighted by Crippen LogP contribution is 2.26. The van der Waals surface area contributed by atoms with E-state index in [9.17, 15) is 4.79 Å². The van der Waals surface area contributed by atoms with Crippen molar-refractivity contribution in [1.82, 2.24) is 4.90 Å². The summed E-state index contributed by atoms with van der Waals surface area (Å²) in [5.74, 6) is 0.785. The summed E-state index contributed by atoms with van der Waals surface area (Å²) in [4.78, 5) is 14.3. The summed E-state index contributed by atoms with van der Waals surface area (Å²) in [5, 5.41) is 0. The third-order valence-corrected chi connectivity index (χ3v) is 4.41. The van der Waals surface area contributed by atoms with Crippen molar-refractivity contribution in [2.45, 2.75) is 50.5 Å². The first-order valence-electron chi connectivity index (χ1n) is 7.24. The van der Waals surface area contributed by atoms with Crippen molar-refractivity contribution in [3.05, 3.63) is 0 Å². The van der Waals surface area contributed by atoms with E-state index in [4.69, 9.17) is 10.5 Å². The Morgan fingerprint density at radius 1 is 1.26 bits per heavy atom. The van der Waals surface area contributed by atoms with Crippen LogP contribution < -0.4 is 5.73 Å². The topological polar surface area (TPSA) is 55.6 Å². The standard InChI is InChI=1S/C14H26N2O2.ClH/c1-16(11-12-5-3-2-4-6-12)13(17)14(15)7-9-18-10-8-14;/h12H,2-11,15H2,1H3;1H. The predicted octanol–water partition coefficient (Wildman–Crippen LogP) is 1.95. The van der Waals surface area contributed by atoms with Crippen LogP contribution in [0.2, 0.25) is 0 Å². The van der Waals surface area contributed by atoms with Crippen LogP contribution in [-0.4, -0.2) is 43.2 Å². The zero-order valence-corrected chi connectivity index (χ0v) is 12.7. The first-order chi connectivity index (χ1) is 8.62. The third kappa shape index (κ3) is 4.33. The Balaban J connectivity index is 0.00000180. The molecule has 2 aliphatic rings. The average Bonchev–Trinajstić information content (AvgIpc) is 2.40. The van der Waals surface area contributed by atoms with E-state index in [1.165, 1.54) is 32.1 Å². The van der Waals surface area contributed by atoms with Gasteiger partial charge in [0.1, 0.15) is 0 Å². The number of carbonyl (C=O) groups is 1. The number of amides is 1. The molecule has 0 aromatic heterocycles. The normalized spacial score (nSPS) is 23.5. The quantitative estimate of drug-likeness (QED) is 0.864. The summed E-state index contributed by atoms with van der Waals surface area (Å²) in [6.07, 6.45) is 7.81. The molecule has 1 saturated heterocycles. The van der Waals surface area contributed by atoms with Crippen LogP contribution in [0.25, 0.3) is 0 Å². The van der Waals surface area contributed by atoms with Gasteiger partial charge in [-0.25, -0.2) is 0 Å². The summed E-state index contributed by atoms with van der Waals surface area (Å²) in [6.45, 7) is 2.09. The number of ether oxygens (including phenoxy) is 1. The van der Waals surface area contributed by atoms with Gasteiger partial charge in [0.15, 0.2) is 0 Å². The molecule has 19 heavy (non-hydrogen) atoms. The molecule has 2 N–H and O–H groups in total. The number of likely N-dealkylation sites (N-methyl/N-ethyl adjacent to an activating group) is 1. The molecule has 0 aromatic rings. The molecule has 2 rings (SSSR count). The van der Waals surface area contributed by atoms with Gasteiger partial charge in [0.2, 0.25) is 5.91 Å². The predicted molar refractivity (Wildman–Crippen MR) is 78.4 cm³/mol. The molecule has 0 bridgehead atoms. The van der Waals surface area contributed by atoms with Crippen LogP contribution in [-0.2, 0) is 9.53 Å². The summed E-state index contributed by atoms with van der Waals surface area (Å²) in [6, 6.07) is 0. The highest BCUT2D eigenvalue weighted by Gasteiger charge is 2.38. The van der Waals surface area contributed by atoms with Crippen LogP contribution in [0.15, 0.2) is 0 Å². The van der Waals surface area contributed by atoms with Gasteiger partial charge < -0.3 is 15.4 Å². The van der Waals surface area contributed by atoms with Crippen molar-refractivity contribution in [2.24, 2.45) is 11.7 Å². The van der Waals surface area contributed by atoms with E-state index in [1.807, 2.05) is 11.9 Å². The van der Waals surface area contributed by atoms with E-state index < -0.39 is 5.54 Å². The second kappa shape index (κ2) is 7.46. The third-order valence-electron chi connectivity index (χ3n) is 4.41. The van der Waals surface area contributed by atoms with Crippen molar-refractivity contribution in [2.75, 3.05) is 26.8 Å². The van der Waals surface area contributed by atoms with Gasteiger partial charge in [-0.2, -0.15) is 0 Å². The lowest BCUT2D eigenvalue weighted by atomic mass is 9.87. The fraction of sp³-hybridized carbons (Fsp3) is 0.929. The van der Waals surface area contributed by atoms with E-state index in [1.54, 1.807) is 0 Å². The second-order valence-corrected chi connectivity index (χ2v) is 5.96. The Kier molecular flexibility index (Phi) is 6.57. The van der Waals surface area contributed by atoms with Gasteiger partial charge in [0.05, 0.1) is 5.54 Å². The van der Waals surface area contributed by atoms with Crippen LogP contribution in [0.1, 0.15) is 44.9 Å². The van der Waals surface area contributed by atoms with Crippen LogP contribution >= 0.6 is 12.4 Å². The smallest absolute Gasteiger partial charge is 0.242 e. The molecular weight excluding hydrogens is 264 g/mol. The lowest BCUT2D eigenvalue weighted by molar-refractivity contribution is -0.139. The molecule has 1 aliphatic carbocycles. The molecule has 112 valence electrons. The van der Waals surface area contributed by atoms with Crippen LogP contribution in [0.4, 0.5) is 0 Å². The molecule has 1 saturated carbocycles. The monoisotopic (exact) mass is 290 g/mol. The molecule has 1 heterocycles. The SMILES string of the molecule is CN(CC1CCCCC1)C(=O)C1(N)CCOCC1.Cl. The Morgan fingerprint density at radius 2 is 1.84 bits per heavy atom. The minimum Gasteiger partial charge on any atom is -0.381 e. The highest BCUT2D eigenvalue weighted by atomic mass is 35.5. The van der Waals surface area contributed by atoms with Crippen molar-refractivity contribution in [1.29, 1.82) is 0 Å². The largest absolute Gasteiger partial charge is 0.381 e. The maximum absolute atomic E-state index is 12.4. The van der Waals surface area contributed by atoms with Crippen LogP contribution in [0.5, 0.6) is 0 Å². The number of carbonyl (C=O) groups excluding carboxylic acids is 1. The minimum atomic E-state index is -0.679. The molecule has 0 aromatic carbocycles. The van der Waals surface area contributed by atoms with E-state index >= 15 is 0 Å². The molecule has 4 nitrogen and oxygen atoms in total. The van der Waals surface area contributed by atoms with Gasteiger partial charge in [-0.15, -0.1) is 12.4 Å². The molecule has 1 amide bonds. The van der Waals surface area contributed by atoms with Crippen molar-refractivity contribution in [3.8, 4) is 0 Å². The van der Waals surface area contributed by atoms with Gasteiger partial charge in [0.25, 0.3) is 0 Å². The van der Waals surface area contributed by atoms with E-state index in [0.717, 1.165) is 6.54 Å². The van der Waals surface area contributed by atoms with E-state index in [2.05, 4.69) is 0 Å². The maximum Gasteiger partial charge on any atom is 0.242 e. The molecule has 2 fully saturated rings. The van der Waals surface area contributed by atoms with Crippen molar-refractivity contribution >= 4 is 18.3 Å². The number of halogens is 1. The molecule has 0 spiro atoms. The zero-order valence-electron chi connectivity index (χ0n) is 11.9. The molecular formula is C14H27ClN2O2. The molecule has 0 radical (unpaired) electrons. The van der Waals surface area contributed by atoms with E-state index in [-0.39, 0.29) is 18.3 Å². The number of hydrogen-bond donors (Lipinski definition) is 1. The van der Waals surface area contributed by atoms with Crippen molar-refractivity contribution in [3.63, 3.8) is 0 Å². The van der Waals surface area contributed by atoms with Crippen LogP contribution in [0.3, 0.4) is 0 Å². The molecule has 5 heteroatoms. The number of nitrogens with two attached hydrogens (primary N) is 1. The lowest BCUT2D eigenvalue weighted by Gasteiger charge is -2.37. The fourth-order valence-corrected chi connectivity index (χ4v) is 3.17. The number of hydrogen-bond acceptors (Lipinski definition) is 3. The second-order valence-electron chi connectivity index (χ2n) is 5.96. The van der Waals surface area contributed by atoms with Crippen LogP contribution in [0, 0.1) is 5.92 Å². The molecule has 0 unspecified atom stereocenters. The summed E-state index contributed by atoms with van der Waals surface area (Å²) in [5.41, 5.74) is 5.56. The van der Waals surface area contributed by atoms with E-state index in [0.29, 0.717) is 32.0 Å². The Bertz CT molecular complexity index is 287. The van der Waals surface area contributed by atoms with Gasteiger partial charge in [-0.05, 0) is 31.6 Å². The Labute approximate surface area is 122 Å². The number of nitrogens with zero attached hydrogens (tertiary/aromatic N) is 1. The van der Waals surface area contributed by atoms with Gasteiger partial charge in [0, 0.05) is 26.8 Å². The zero-order chi connectivity index (χ0) is 13.0. The fourth-order valence-electron chi connectivity index (χ4n) is 3.17. The Hall–Kier alpha value is -0.320. The minimum absolute atomic E-state index is 0. The highest BCUT2D eigenvalue weighted by molar-refractivity contribution is 5.86. The Morgan fingerprint density at radius 3 is 2.42 bits per heavy atom. The van der Waals surface area contributed by atoms with Crippen molar-refractivity contribution < 1.29 is 9.53 Å².